The molecule has 2 aliphatic heterocycles. The molecule has 1 saturated heterocycles. The highest BCUT2D eigenvalue weighted by atomic mass is 32.2. The van der Waals surface area contributed by atoms with Gasteiger partial charge in [-0.1, -0.05) is 42.1 Å². The van der Waals surface area contributed by atoms with E-state index in [4.69, 9.17) is 9.47 Å². The van der Waals surface area contributed by atoms with E-state index in [1.54, 1.807) is 0 Å². The van der Waals surface area contributed by atoms with Crippen LogP contribution in [0.1, 0.15) is 30.9 Å². The van der Waals surface area contributed by atoms with E-state index >= 15 is 0 Å². The molecule has 0 saturated carbocycles. The van der Waals surface area contributed by atoms with Crippen molar-refractivity contribution in [3.8, 4) is 11.5 Å². The number of rotatable bonds is 4. The number of carbonyl (C=O) groups excluding carboxylic acids is 1. The van der Waals surface area contributed by atoms with Gasteiger partial charge in [-0.25, -0.2) is 4.98 Å². The SMILES string of the molecule is O=C(CSc1ccc2ccccc2n1)N1CCC[C@H]1c1ccc2c(c1)OCCCO2. The van der Waals surface area contributed by atoms with Crippen LogP contribution in [0.15, 0.2) is 59.6 Å². The maximum absolute atomic E-state index is 13.0. The fourth-order valence-electron chi connectivity index (χ4n) is 4.15. The molecule has 0 unspecified atom stereocenters. The number of aromatic nitrogens is 1. The summed E-state index contributed by atoms with van der Waals surface area (Å²) in [5.41, 5.74) is 2.08. The Balaban J connectivity index is 1.28. The van der Waals surface area contributed by atoms with Crippen molar-refractivity contribution in [3.63, 3.8) is 0 Å². The highest BCUT2D eigenvalue weighted by Crippen LogP contribution is 2.38. The van der Waals surface area contributed by atoms with Crippen LogP contribution in [-0.2, 0) is 4.79 Å². The molecule has 1 atom stereocenters. The number of benzene rings is 2. The number of thioether (sulfide) groups is 1. The van der Waals surface area contributed by atoms with Crippen molar-refractivity contribution >= 4 is 28.6 Å². The smallest absolute Gasteiger partial charge is 0.233 e. The lowest BCUT2D eigenvalue weighted by atomic mass is 10.0. The quantitative estimate of drug-likeness (QED) is 0.565. The molecule has 5 rings (SSSR count). The van der Waals surface area contributed by atoms with Crippen molar-refractivity contribution in [3.05, 3.63) is 60.2 Å². The average Bonchev–Trinajstić information content (AvgIpc) is 3.16. The number of hydrogen-bond donors (Lipinski definition) is 0. The van der Waals surface area contributed by atoms with Crippen molar-refractivity contribution in [1.29, 1.82) is 0 Å². The molecule has 6 heteroatoms. The van der Waals surface area contributed by atoms with Gasteiger partial charge in [0.15, 0.2) is 11.5 Å². The zero-order valence-electron chi connectivity index (χ0n) is 16.8. The number of nitrogens with zero attached hydrogens (tertiary/aromatic N) is 2. The number of pyridine rings is 1. The molecule has 0 radical (unpaired) electrons. The molecule has 0 N–H and O–H groups in total. The minimum Gasteiger partial charge on any atom is -0.490 e. The molecular weight excluding hydrogens is 396 g/mol. The first-order valence-corrected chi connectivity index (χ1v) is 11.4. The van der Waals surface area contributed by atoms with Crippen LogP contribution in [-0.4, -0.2) is 41.3 Å². The summed E-state index contributed by atoms with van der Waals surface area (Å²) in [5, 5.41) is 2.00. The lowest BCUT2D eigenvalue weighted by molar-refractivity contribution is -0.129. The van der Waals surface area contributed by atoms with Gasteiger partial charge in [0.25, 0.3) is 0 Å². The number of likely N-dealkylation sites (tertiary alicyclic amines) is 1. The summed E-state index contributed by atoms with van der Waals surface area (Å²) in [6, 6.07) is 18.3. The van der Waals surface area contributed by atoms with Gasteiger partial charge in [-0.05, 0) is 42.7 Å². The third-order valence-corrected chi connectivity index (χ3v) is 6.56. The lowest BCUT2D eigenvalue weighted by Gasteiger charge is -2.25. The van der Waals surface area contributed by atoms with Crippen molar-refractivity contribution in [2.75, 3.05) is 25.5 Å². The van der Waals surface area contributed by atoms with Gasteiger partial charge in [0.2, 0.25) is 5.91 Å². The fraction of sp³-hybridized carbons (Fsp3) is 0.333. The molecule has 154 valence electrons. The maximum Gasteiger partial charge on any atom is 0.233 e. The van der Waals surface area contributed by atoms with Crippen LogP contribution >= 0.6 is 11.8 Å². The summed E-state index contributed by atoms with van der Waals surface area (Å²) in [7, 11) is 0. The first kappa shape index (κ1) is 19.2. The van der Waals surface area contributed by atoms with E-state index in [1.165, 1.54) is 11.8 Å². The van der Waals surface area contributed by atoms with Crippen LogP contribution in [0.4, 0.5) is 0 Å². The van der Waals surface area contributed by atoms with E-state index in [9.17, 15) is 4.79 Å². The van der Waals surface area contributed by atoms with Gasteiger partial charge in [0.05, 0.1) is 35.6 Å². The summed E-state index contributed by atoms with van der Waals surface area (Å²) in [4.78, 5) is 19.7. The van der Waals surface area contributed by atoms with Gasteiger partial charge in [0.1, 0.15) is 0 Å². The van der Waals surface area contributed by atoms with E-state index < -0.39 is 0 Å². The van der Waals surface area contributed by atoms with Gasteiger partial charge in [-0.3, -0.25) is 4.79 Å². The third-order valence-electron chi connectivity index (χ3n) is 5.65. The number of ether oxygens (including phenoxy) is 2. The summed E-state index contributed by atoms with van der Waals surface area (Å²) in [5.74, 6) is 2.14. The molecule has 1 fully saturated rings. The molecule has 0 aliphatic carbocycles. The van der Waals surface area contributed by atoms with Crippen molar-refractivity contribution in [1.82, 2.24) is 9.88 Å². The van der Waals surface area contributed by atoms with Crippen LogP contribution in [0.2, 0.25) is 0 Å². The maximum atomic E-state index is 13.0. The van der Waals surface area contributed by atoms with Crippen molar-refractivity contribution in [2.45, 2.75) is 30.3 Å². The predicted molar refractivity (Wildman–Crippen MR) is 118 cm³/mol. The number of fused-ring (bicyclic) bond motifs is 2. The number of hydrogen-bond acceptors (Lipinski definition) is 5. The lowest BCUT2D eigenvalue weighted by Crippen LogP contribution is -2.32. The Bertz CT molecular complexity index is 1070. The second kappa shape index (κ2) is 8.56. The average molecular weight is 421 g/mol. The highest BCUT2D eigenvalue weighted by Gasteiger charge is 2.30. The molecule has 1 aromatic heterocycles. The second-order valence-corrected chi connectivity index (χ2v) is 8.63. The number of para-hydroxylation sites is 1. The molecule has 3 heterocycles. The monoisotopic (exact) mass is 420 g/mol. The number of carbonyl (C=O) groups is 1. The zero-order valence-corrected chi connectivity index (χ0v) is 17.6. The van der Waals surface area contributed by atoms with Crippen LogP contribution in [0.25, 0.3) is 10.9 Å². The molecule has 1 amide bonds. The first-order chi connectivity index (χ1) is 14.8. The van der Waals surface area contributed by atoms with Crippen LogP contribution in [0, 0.1) is 0 Å². The van der Waals surface area contributed by atoms with Crippen LogP contribution < -0.4 is 9.47 Å². The van der Waals surface area contributed by atoms with E-state index in [0.717, 1.165) is 58.8 Å². The van der Waals surface area contributed by atoms with Gasteiger partial charge in [-0.15, -0.1) is 0 Å². The van der Waals surface area contributed by atoms with Crippen LogP contribution in [0.3, 0.4) is 0 Å². The van der Waals surface area contributed by atoms with E-state index in [0.29, 0.717) is 19.0 Å². The Morgan fingerprint density at radius 1 is 1.03 bits per heavy atom. The Hall–Kier alpha value is -2.73. The Labute approximate surface area is 180 Å². The molecule has 5 nitrogen and oxygen atoms in total. The normalized spacial score (nSPS) is 18.4. The highest BCUT2D eigenvalue weighted by molar-refractivity contribution is 7.99. The van der Waals surface area contributed by atoms with E-state index in [1.807, 2.05) is 41.3 Å². The molecular formula is C24H24N2O3S. The van der Waals surface area contributed by atoms with Gasteiger partial charge in [0, 0.05) is 18.4 Å². The summed E-state index contributed by atoms with van der Waals surface area (Å²) in [6.07, 6.45) is 2.88. The predicted octanol–water partition coefficient (Wildman–Crippen LogP) is 4.85. The molecule has 0 spiro atoms. The van der Waals surface area contributed by atoms with E-state index in [2.05, 4.69) is 23.2 Å². The third kappa shape index (κ3) is 3.97. The van der Waals surface area contributed by atoms with Crippen LogP contribution in [0.5, 0.6) is 11.5 Å². The minimum absolute atomic E-state index is 0.0971. The molecule has 2 aliphatic rings. The summed E-state index contributed by atoms with van der Waals surface area (Å²) < 4.78 is 11.6. The molecule has 2 aromatic carbocycles. The van der Waals surface area contributed by atoms with Gasteiger partial charge < -0.3 is 14.4 Å². The largest absolute Gasteiger partial charge is 0.490 e. The molecule has 0 bridgehead atoms. The molecule has 3 aromatic rings. The standard InChI is InChI=1S/C24H24N2O3S/c27-24(16-30-23-11-9-17-5-1-2-6-19(17)25-23)26-12-3-7-20(26)18-8-10-21-22(15-18)29-14-4-13-28-21/h1-2,5-6,8-11,15,20H,3-4,7,12-14,16H2/t20-/m0/s1. The summed E-state index contributed by atoms with van der Waals surface area (Å²) >= 11 is 1.51. The Kier molecular flexibility index (Phi) is 5.49. The van der Waals surface area contributed by atoms with E-state index in [-0.39, 0.29) is 11.9 Å². The summed E-state index contributed by atoms with van der Waals surface area (Å²) in [6.45, 7) is 2.14. The van der Waals surface area contributed by atoms with Crippen molar-refractivity contribution in [2.24, 2.45) is 0 Å². The topological polar surface area (TPSA) is 51.7 Å². The van der Waals surface area contributed by atoms with Gasteiger partial charge >= 0.3 is 0 Å². The van der Waals surface area contributed by atoms with Crippen molar-refractivity contribution < 1.29 is 14.3 Å². The molecule has 30 heavy (non-hydrogen) atoms. The first-order valence-electron chi connectivity index (χ1n) is 10.5. The number of amides is 1. The second-order valence-electron chi connectivity index (χ2n) is 7.63. The minimum atomic E-state index is 0.0971. The fourth-order valence-corrected chi connectivity index (χ4v) is 4.91. The Morgan fingerprint density at radius 3 is 2.83 bits per heavy atom. The van der Waals surface area contributed by atoms with Gasteiger partial charge in [-0.2, -0.15) is 0 Å². The Morgan fingerprint density at radius 2 is 1.90 bits per heavy atom. The zero-order chi connectivity index (χ0) is 20.3.